The molecule has 3 nitrogen and oxygen atoms in total. The number of nitrogens with zero attached hydrogens (tertiary/aromatic N) is 1. The van der Waals surface area contributed by atoms with Crippen molar-refractivity contribution >= 4 is 5.91 Å². The molecule has 92 valence electrons. The summed E-state index contributed by atoms with van der Waals surface area (Å²) >= 11 is 0. The summed E-state index contributed by atoms with van der Waals surface area (Å²) < 4.78 is 0. The van der Waals surface area contributed by atoms with Crippen molar-refractivity contribution < 1.29 is 4.79 Å². The van der Waals surface area contributed by atoms with E-state index in [0.717, 1.165) is 6.42 Å². The van der Waals surface area contributed by atoms with Gasteiger partial charge in [-0.1, -0.05) is 41.0 Å². The van der Waals surface area contributed by atoms with Crippen molar-refractivity contribution in [1.82, 2.24) is 5.32 Å². The van der Waals surface area contributed by atoms with Crippen LogP contribution in [0.1, 0.15) is 47.5 Å². The molecule has 0 bridgehead atoms. The van der Waals surface area contributed by atoms with Gasteiger partial charge in [0.25, 0.3) is 0 Å². The number of hydrogen-bond acceptors (Lipinski definition) is 2. The van der Waals surface area contributed by atoms with Gasteiger partial charge in [0.05, 0.1) is 6.07 Å². The minimum absolute atomic E-state index is 0.125. The van der Waals surface area contributed by atoms with Crippen molar-refractivity contribution in [3.63, 3.8) is 0 Å². The number of hydrogen-bond donors (Lipinski definition) is 1. The van der Waals surface area contributed by atoms with Gasteiger partial charge in [0.15, 0.2) is 0 Å². The van der Waals surface area contributed by atoms with Crippen molar-refractivity contribution in [3.05, 3.63) is 0 Å². The number of nitriles is 1. The highest BCUT2D eigenvalue weighted by Gasteiger charge is 2.22. The Balaban J connectivity index is 4.12. The van der Waals surface area contributed by atoms with Gasteiger partial charge in [-0.3, -0.25) is 4.79 Å². The summed E-state index contributed by atoms with van der Waals surface area (Å²) in [4.78, 5) is 11.7. The fourth-order valence-electron chi connectivity index (χ4n) is 1.23. The van der Waals surface area contributed by atoms with Gasteiger partial charge in [-0.15, -0.1) is 0 Å². The highest BCUT2D eigenvalue weighted by molar-refractivity contribution is 5.80. The summed E-state index contributed by atoms with van der Waals surface area (Å²) in [6.07, 6.45) is 1.51. The molecule has 2 atom stereocenters. The van der Waals surface area contributed by atoms with E-state index in [9.17, 15) is 4.79 Å². The molecule has 0 aromatic carbocycles. The third kappa shape index (κ3) is 5.16. The largest absolute Gasteiger partial charge is 0.355 e. The maximum absolute atomic E-state index is 11.7. The Bertz CT molecular complexity index is 260. The van der Waals surface area contributed by atoms with Crippen LogP contribution in [0.2, 0.25) is 0 Å². The highest BCUT2D eigenvalue weighted by Crippen LogP contribution is 2.24. The van der Waals surface area contributed by atoms with Gasteiger partial charge in [0, 0.05) is 6.54 Å². The van der Waals surface area contributed by atoms with E-state index in [1.807, 2.05) is 6.92 Å². The standard InChI is InChI=1S/C13H24N2O/c1-6-7-11(8-14)12(16)15-9-10(2)13(3,4)5/h10-11H,6-7,9H2,1-5H3,(H,15,16). The van der Waals surface area contributed by atoms with Crippen molar-refractivity contribution in [2.24, 2.45) is 17.3 Å². The molecule has 1 N–H and O–H groups in total. The topological polar surface area (TPSA) is 52.9 Å². The molecule has 0 aromatic heterocycles. The fraction of sp³-hybridized carbons (Fsp3) is 0.846. The normalized spacial score (nSPS) is 15.0. The van der Waals surface area contributed by atoms with Gasteiger partial charge in [-0.05, 0) is 17.8 Å². The van der Waals surface area contributed by atoms with E-state index in [1.165, 1.54) is 0 Å². The molecule has 0 aliphatic heterocycles. The number of amides is 1. The Morgan fingerprint density at radius 2 is 2.00 bits per heavy atom. The van der Waals surface area contributed by atoms with E-state index < -0.39 is 5.92 Å². The third-order valence-electron chi connectivity index (χ3n) is 3.11. The van der Waals surface area contributed by atoms with Crippen LogP contribution >= 0.6 is 0 Å². The van der Waals surface area contributed by atoms with E-state index in [1.54, 1.807) is 0 Å². The Kier molecular flexibility index (Phi) is 6.10. The molecule has 0 saturated carbocycles. The van der Waals surface area contributed by atoms with Gasteiger partial charge >= 0.3 is 0 Å². The minimum Gasteiger partial charge on any atom is -0.355 e. The van der Waals surface area contributed by atoms with Crippen molar-refractivity contribution in [2.75, 3.05) is 6.54 Å². The molecule has 0 rings (SSSR count). The zero-order valence-electron chi connectivity index (χ0n) is 11.1. The van der Waals surface area contributed by atoms with Crippen LogP contribution in [0.5, 0.6) is 0 Å². The number of carbonyl (C=O) groups excluding carboxylic acids is 1. The van der Waals surface area contributed by atoms with E-state index >= 15 is 0 Å². The molecule has 0 aliphatic rings. The van der Waals surface area contributed by atoms with Crippen LogP contribution in [0.4, 0.5) is 0 Å². The van der Waals surface area contributed by atoms with E-state index in [-0.39, 0.29) is 11.3 Å². The number of nitrogens with one attached hydrogen (secondary N) is 1. The molecule has 0 radical (unpaired) electrons. The quantitative estimate of drug-likeness (QED) is 0.780. The van der Waals surface area contributed by atoms with Crippen molar-refractivity contribution in [1.29, 1.82) is 5.26 Å². The fourth-order valence-corrected chi connectivity index (χ4v) is 1.23. The van der Waals surface area contributed by atoms with E-state index in [2.05, 4.69) is 39.1 Å². The van der Waals surface area contributed by atoms with Gasteiger partial charge in [0.1, 0.15) is 5.92 Å². The van der Waals surface area contributed by atoms with Crippen LogP contribution in [-0.4, -0.2) is 12.5 Å². The average Bonchev–Trinajstić information content (AvgIpc) is 2.20. The molecular formula is C13H24N2O. The number of rotatable bonds is 5. The lowest BCUT2D eigenvalue weighted by Crippen LogP contribution is -2.36. The van der Waals surface area contributed by atoms with E-state index in [0.29, 0.717) is 18.9 Å². The average molecular weight is 224 g/mol. The third-order valence-corrected chi connectivity index (χ3v) is 3.11. The van der Waals surface area contributed by atoms with Crippen molar-refractivity contribution in [2.45, 2.75) is 47.5 Å². The lowest BCUT2D eigenvalue weighted by molar-refractivity contribution is -0.123. The van der Waals surface area contributed by atoms with Crippen molar-refractivity contribution in [3.8, 4) is 6.07 Å². The second kappa shape index (κ2) is 6.52. The molecule has 0 aromatic rings. The van der Waals surface area contributed by atoms with Gasteiger partial charge in [0.2, 0.25) is 5.91 Å². The molecule has 0 spiro atoms. The number of carbonyl (C=O) groups is 1. The molecule has 0 fully saturated rings. The lowest BCUT2D eigenvalue weighted by Gasteiger charge is -2.27. The summed E-state index contributed by atoms with van der Waals surface area (Å²) in [6, 6.07) is 2.05. The first-order chi connectivity index (χ1) is 7.32. The van der Waals surface area contributed by atoms with Gasteiger partial charge in [-0.25, -0.2) is 0 Å². The van der Waals surface area contributed by atoms with Crippen LogP contribution in [0, 0.1) is 28.6 Å². The first-order valence-electron chi connectivity index (χ1n) is 6.00. The van der Waals surface area contributed by atoms with Gasteiger partial charge in [-0.2, -0.15) is 5.26 Å². The summed E-state index contributed by atoms with van der Waals surface area (Å²) in [6.45, 7) is 11.2. The van der Waals surface area contributed by atoms with Crippen LogP contribution in [-0.2, 0) is 4.79 Å². The Morgan fingerprint density at radius 3 is 2.38 bits per heavy atom. The summed E-state index contributed by atoms with van der Waals surface area (Å²) in [5.41, 5.74) is 0.181. The molecule has 0 saturated heterocycles. The molecule has 1 amide bonds. The summed E-state index contributed by atoms with van der Waals surface area (Å²) in [5.74, 6) is -0.213. The second-order valence-electron chi connectivity index (χ2n) is 5.48. The molecule has 2 unspecified atom stereocenters. The smallest absolute Gasteiger partial charge is 0.237 e. The Labute approximate surface area is 99.2 Å². The first kappa shape index (κ1) is 15.0. The summed E-state index contributed by atoms with van der Waals surface area (Å²) in [5, 5.41) is 11.7. The lowest BCUT2D eigenvalue weighted by atomic mass is 9.82. The maximum Gasteiger partial charge on any atom is 0.237 e. The predicted octanol–water partition coefficient (Wildman–Crippen LogP) is 2.72. The Hall–Kier alpha value is -1.04. The molecular weight excluding hydrogens is 200 g/mol. The molecule has 16 heavy (non-hydrogen) atoms. The van der Waals surface area contributed by atoms with Crippen LogP contribution in [0.25, 0.3) is 0 Å². The summed E-state index contributed by atoms with van der Waals surface area (Å²) in [7, 11) is 0. The van der Waals surface area contributed by atoms with Gasteiger partial charge < -0.3 is 5.32 Å². The molecule has 3 heteroatoms. The van der Waals surface area contributed by atoms with Crippen LogP contribution in [0.3, 0.4) is 0 Å². The molecule has 0 heterocycles. The second-order valence-corrected chi connectivity index (χ2v) is 5.48. The maximum atomic E-state index is 11.7. The molecule has 0 aliphatic carbocycles. The monoisotopic (exact) mass is 224 g/mol. The zero-order chi connectivity index (χ0) is 12.8. The van der Waals surface area contributed by atoms with E-state index in [4.69, 9.17) is 5.26 Å². The predicted molar refractivity (Wildman–Crippen MR) is 65.6 cm³/mol. The first-order valence-corrected chi connectivity index (χ1v) is 6.00. The SMILES string of the molecule is CCCC(C#N)C(=O)NCC(C)C(C)(C)C. The highest BCUT2D eigenvalue weighted by atomic mass is 16.1. The zero-order valence-corrected chi connectivity index (χ0v) is 11.1. The minimum atomic E-state index is -0.489. The van der Waals surface area contributed by atoms with Crippen LogP contribution < -0.4 is 5.32 Å². The van der Waals surface area contributed by atoms with Crippen LogP contribution in [0.15, 0.2) is 0 Å². The Morgan fingerprint density at radius 1 is 1.44 bits per heavy atom.